The van der Waals surface area contributed by atoms with Gasteiger partial charge < -0.3 is 5.11 Å². The fourth-order valence-electron chi connectivity index (χ4n) is 2.31. The SMILES string of the molecule is Cc1ccc(C(C)(O)c2cccc(F)c2)c(C)c1. The Hall–Kier alpha value is -1.67. The zero-order valence-electron chi connectivity index (χ0n) is 10.9. The number of halogens is 1. The van der Waals surface area contributed by atoms with Crippen LogP contribution in [-0.2, 0) is 5.60 Å². The third-order valence-electron chi connectivity index (χ3n) is 3.29. The van der Waals surface area contributed by atoms with Gasteiger partial charge in [-0.05, 0) is 49.6 Å². The van der Waals surface area contributed by atoms with Crippen LogP contribution in [0.1, 0.15) is 29.2 Å². The second kappa shape index (κ2) is 4.54. The molecule has 1 N–H and O–H groups in total. The highest BCUT2D eigenvalue weighted by molar-refractivity contribution is 5.41. The number of aliphatic hydroxyl groups is 1. The fourth-order valence-corrected chi connectivity index (χ4v) is 2.31. The van der Waals surface area contributed by atoms with Crippen molar-refractivity contribution in [1.29, 1.82) is 0 Å². The van der Waals surface area contributed by atoms with Crippen molar-refractivity contribution in [3.63, 3.8) is 0 Å². The van der Waals surface area contributed by atoms with Crippen molar-refractivity contribution >= 4 is 0 Å². The van der Waals surface area contributed by atoms with Crippen LogP contribution in [0.25, 0.3) is 0 Å². The largest absolute Gasteiger partial charge is 0.381 e. The maximum Gasteiger partial charge on any atom is 0.123 e. The molecule has 0 aliphatic rings. The van der Waals surface area contributed by atoms with Gasteiger partial charge in [-0.3, -0.25) is 0 Å². The Morgan fingerprint density at radius 1 is 1.06 bits per heavy atom. The summed E-state index contributed by atoms with van der Waals surface area (Å²) in [6, 6.07) is 12.0. The lowest BCUT2D eigenvalue weighted by molar-refractivity contribution is 0.101. The second-order valence-electron chi connectivity index (χ2n) is 4.90. The Labute approximate surface area is 107 Å². The number of hydrogen-bond acceptors (Lipinski definition) is 1. The molecule has 2 aromatic rings. The predicted molar refractivity (Wildman–Crippen MR) is 71.0 cm³/mol. The lowest BCUT2D eigenvalue weighted by atomic mass is 9.85. The molecule has 2 aromatic carbocycles. The standard InChI is InChI=1S/C16H17FO/c1-11-7-8-15(12(2)9-11)16(3,18)13-5-4-6-14(17)10-13/h4-10,18H,1-3H3. The third kappa shape index (κ3) is 2.29. The summed E-state index contributed by atoms with van der Waals surface area (Å²) in [6.45, 7) is 5.66. The van der Waals surface area contributed by atoms with Crippen LogP contribution in [0.5, 0.6) is 0 Å². The summed E-state index contributed by atoms with van der Waals surface area (Å²) in [5.41, 5.74) is 2.34. The summed E-state index contributed by atoms with van der Waals surface area (Å²) in [5, 5.41) is 10.7. The van der Waals surface area contributed by atoms with Crippen molar-refractivity contribution in [2.75, 3.05) is 0 Å². The number of benzene rings is 2. The van der Waals surface area contributed by atoms with Gasteiger partial charge in [-0.1, -0.05) is 35.9 Å². The molecule has 0 spiro atoms. The molecule has 0 heterocycles. The summed E-state index contributed by atoms with van der Waals surface area (Å²) >= 11 is 0. The van der Waals surface area contributed by atoms with Gasteiger partial charge in [0.1, 0.15) is 11.4 Å². The molecule has 0 saturated heterocycles. The predicted octanol–water partition coefficient (Wildman–Crippen LogP) is 3.70. The smallest absolute Gasteiger partial charge is 0.123 e. The normalized spacial score (nSPS) is 14.3. The van der Waals surface area contributed by atoms with Crippen LogP contribution in [0.3, 0.4) is 0 Å². The van der Waals surface area contributed by atoms with E-state index >= 15 is 0 Å². The molecule has 0 radical (unpaired) electrons. The minimum absolute atomic E-state index is 0.336. The van der Waals surface area contributed by atoms with E-state index < -0.39 is 5.60 Å². The first kappa shape index (κ1) is 12.8. The first-order valence-corrected chi connectivity index (χ1v) is 5.97. The Kier molecular flexibility index (Phi) is 3.22. The lowest BCUT2D eigenvalue weighted by Crippen LogP contribution is -2.24. The van der Waals surface area contributed by atoms with Crippen LogP contribution in [0.15, 0.2) is 42.5 Å². The molecule has 2 heteroatoms. The highest BCUT2D eigenvalue weighted by atomic mass is 19.1. The van der Waals surface area contributed by atoms with Crippen LogP contribution < -0.4 is 0 Å². The summed E-state index contributed by atoms with van der Waals surface area (Å²) in [4.78, 5) is 0. The molecule has 0 aliphatic carbocycles. The van der Waals surface area contributed by atoms with Gasteiger partial charge in [0.2, 0.25) is 0 Å². The zero-order chi connectivity index (χ0) is 13.3. The Balaban J connectivity index is 2.53. The molecule has 0 saturated carbocycles. The summed E-state index contributed by atoms with van der Waals surface area (Å²) in [5.74, 6) is -0.336. The van der Waals surface area contributed by atoms with Gasteiger partial charge in [-0.2, -0.15) is 0 Å². The molecular weight excluding hydrogens is 227 g/mol. The molecule has 1 atom stereocenters. The Morgan fingerprint density at radius 3 is 2.39 bits per heavy atom. The van der Waals surface area contributed by atoms with E-state index in [-0.39, 0.29) is 5.82 Å². The molecule has 1 nitrogen and oxygen atoms in total. The van der Waals surface area contributed by atoms with Gasteiger partial charge in [0.15, 0.2) is 0 Å². The maximum atomic E-state index is 13.3. The van der Waals surface area contributed by atoms with E-state index in [9.17, 15) is 9.50 Å². The molecular formula is C16H17FO. The van der Waals surface area contributed by atoms with Crippen molar-refractivity contribution < 1.29 is 9.50 Å². The van der Waals surface area contributed by atoms with Gasteiger partial charge >= 0.3 is 0 Å². The highest BCUT2D eigenvalue weighted by Crippen LogP contribution is 2.31. The molecule has 0 fully saturated rings. The lowest BCUT2D eigenvalue weighted by Gasteiger charge is -2.26. The van der Waals surface area contributed by atoms with Crippen LogP contribution in [0.4, 0.5) is 4.39 Å². The monoisotopic (exact) mass is 244 g/mol. The van der Waals surface area contributed by atoms with Crippen LogP contribution in [0.2, 0.25) is 0 Å². The zero-order valence-corrected chi connectivity index (χ0v) is 10.9. The Bertz CT molecular complexity index is 573. The molecule has 18 heavy (non-hydrogen) atoms. The first-order chi connectivity index (χ1) is 8.41. The van der Waals surface area contributed by atoms with Crippen molar-refractivity contribution in [2.45, 2.75) is 26.4 Å². The molecule has 0 bridgehead atoms. The van der Waals surface area contributed by atoms with E-state index in [2.05, 4.69) is 0 Å². The fraction of sp³-hybridized carbons (Fsp3) is 0.250. The van der Waals surface area contributed by atoms with E-state index in [1.807, 2.05) is 32.0 Å². The summed E-state index contributed by atoms with van der Waals surface area (Å²) < 4.78 is 13.3. The highest BCUT2D eigenvalue weighted by Gasteiger charge is 2.27. The van der Waals surface area contributed by atoms with E-state index in [0.717, 1.165) is 16.7 Å². The van der Waals surface area contributed by atoms with Gasteiger partial charge in [-0.25, -0.2) is 4.39 Å². The molecule has 2 rings (SSSR count). The third-order valence-corrected chi connectivity index (χ3v) is 3.29. The number of aryl methyl sites for hydroxylation is 2. The number of hydrogen-bond donors (Lipinski definition) is 1. The average molecular weight is 244 g/mol. The average Bonchev–Trinajstić information content (AvgIpc) is 2.28. The Morgan fingerprint density at radius 2 is 1.78 bits per heavy atom. The van der Waals surface area contributed by atoms with Crippen LogP contribution >= 0.6 is 0 Å². The van der Waals surface area contributed by atoms with Gasteiger partial charge in [-0.15, -0.1) is 0 Å². The number of rotatable bonds is 2. The van der Waals surface area contributed by atoms with Crippen molar-refractivity contribution in [3.05, 3.63) is 70.5 Å². The van der Waals surface area contributed by atoms with Crippen molar-refractivity contribution in [2.24, 2.45) is 0 Å². The molecule has 0 amide bonds. The minimum Gasteiger partial charge on any atom is -0.381 e. The molecule has 1 unspecified atom stereocenters. The van der Waals surface area contributed by atoms with Gasteiger partial charge in [0.25, 0.3) is 0 Å². The summed E-state index contributed by atoms with van der Waals surface area (Å²) in [7, 11) is 0. The minimum atomic E-state index is -1.18. The van der Waals surface area contributed by atoms with E-state index in [1.54, 1.807) is 19.1 Å². The molecule has 94 valence electrons. The quantitative estimate of drug-likeness (QED) is 0.854. The van der Waals surface area contributed by atoms with Gasteiger partial charge in [0.05, 0.1) is 0 Å². The van der Waals surface area contributed by atoms with E-state index in [1.165, 1.54) is 12.1 Å². The van der Waals surface area contributed by atoms with Crippen LogP contribution in [-0.4, -0.2) is 5.11 Å². The topological polar surface area (TPSA) is 20.2 Å². The summed E-state index contributed by atoms with van der Waals surface area (Å²) in [6.07, 6.45) is 0. The molecule has 0 aliphatic heterocycles. The van der Waals surface area contributed by atoms with Crippen LogP contribution in [0, 0.1) is 19.7 Å². The van der Waals surface area contributed by atoms with Crippen molar-refractivity contribution in [3.8, 4) is 0 Å². The second-order valence-corrected chi connectivity index (χ2v) is 4.90. The van der Waals surface area contributed by atoms with E-state index in [4.69, 9.17) is 0 Å². The van der Waals surface area contributed by atoms with E-state index in [0.29, 0.717) is 5.56 Å². The maximum absolute atomic E-state index is 13.3. The first-order valence-electron chi connectivity index (χ1n) is 5.97. The van der Waals surface area contributed by atoms with Crippen molar-refractivity contribution in [1.82, 2.24) is 0 Å². The molecule has 0 aromatic heterocycles. The van der Waals surface area contributed by atoms with Gasteiger partial charge in [0, 0.05) is 0 Å².